The van der Waals surface area contributed by atoms with E-state index in [4.69, 9.17) is 0 Å². The van der Waals surface area contributed by atoms with Gasteiger partial charge in [0.2, 0.25) is 0 Å². The van der Waals surface area contributed by atoms with Crippen LogP contribution in [0, 0.1) is 5.92 Å². The van der Waals surface area contributed by atoms with Crippen LogP contribution >= 0.6 is 15.9 Å². The minimum Gasteiger partial charge on any atom is -0.310 e. The third kappa shape index (κ3) is 4.54. The molecule has 0 saturated heterocycles. The van der Waals surface area contributed by atoms with E-state index in [9.17, 15) is 0 Å². The third-order valence-corrected chi connectivity index (χ3v) is 5.41. The van der Waals surface area contributed by atoms with Crippen LogP contribution in [0.2, 0.25) is 0 Å². The molecular formula is C18H27BrN2. The summed E-state index contributed by atoms with van der Waals surface area (Å²) in [6.07, 6.45) is 6.98. The highest BCUT2D eigenvalue weighted by Gasteiger charge is 2.33. The zero-order valence-corrected chi connectivity index (χ0v) is 14.6. The van der Waals surface area contributed by atoms with Crippen molar-refractivity contribution in [3.63, 3.8) is 0 Å². The Morgan fingerprint density at radius 2 is 2.00 bits per heavy atom. The molecule has 2 saturated carbocycles. The third-order valence-electron chi connectivity index (χ3n) is 4.69. The smallest absolute Gasteiger partial charge is 0.0343 e. The quantitative estimate of drug-likeness (QED) is 0.711. The van der Waals surface area contributed by atoms with E-state index >= 15 is 0 Å². The maximum absolute atomic E-state index is 3.71. The van der Waals surface area contributed by atoms with Crippen molar-refractivity contribution in [1.29, 1.82) is 0 Å². The Morgan fingerprint density at radius 1 is 1.24 bits per heavy atom. The second-order valence-corrected chi connectivity index (χ2v) is 7.44. The van der Waals surface area contributed by atoms with Crippen LogP contribution in [0.1, 0.15) is 50.6 Å². The fraction of sp³-hybridized carbons (Fsp3) is 0.667. The highest BCUT2D eigenvalue weighted by molar-refractivity contribution is 9.10. The first-order chi connectivity index (χ1) is 10.3. The summed E-state index contributed by atoms with van der Waals surface area (Å²) in [5.41, 5.74) is 1.40. The van der Waals surface area contributed by atoms with Gasteiger partial charge in [-0.3, -0.25) is 0 Å². The fourth-order valence-corrected chi connectivity index (χ4v) is 3.72. The summed E-state index contributed by atoms with van der Waals surface area (Å²) in [5, 5.41) is 3.67. The molecule has 1 aromatic carbocycles. The molecule has 1 atom stereocenters. The largest absolute Gasteiger partial charge is 0.310 e. The average Bonchev–Trinajstić information content (AvgIpc) is 3.36. The van der Waals surface area contributed by atoms with Crippen molar-refractivity contribution in [2.24, 2.45) is 5.92 Å². The summed E-state index contributed by atoms with van der Waals surface area (Å²) in [4.78, 5) is 2.76. The molecule has 1 aromatic rings. The molecule has 2 fully saturated rings. The molecule has 0 radical (unpaired) electrons. The molecule has 3 heteroatoms. The first kappa shape index (κ1) is 15.5. The Labute approximate surface area is 137 Å². The first-order valence-electron chi connectivity index (χ1n) is 8.49. The van der Waals surface area contributed by atoms with Crippen LogP contribution in [0.15, 0.2) is 28.7 Å². The molecule has 0 aliphatic heterocycles. The van der Waals surface area contributed by atoms with Gasteiger partial charge in [-0.2, -0.15) is 0 Å². The minimum absolute atomic E-state index is 0.464. The molecule has 0 spiro atoms. The Bertz CT molecular complexity index is 454. The molecule has 1 unspecified atom stereocenters. The van der Waals surface area contributed by atoms with Crippen molar-refractivity contribution < 1.29 is 0 Å². The van der Waals surface area contributed by atoms with Crippen LogP contribution in [0.5, 0.6) is 0 Å². The van der Waals surface area contributed by atoms with Gasteiger partial charge in [-0.25, -0.2) is 0 Å². The zero-order valence-electron chi connectivity index (χ0n) is 13.0. The van der Waals surface area contributed by atoms with Crippen LogP contribution < -0.4 is 5.32 Å². The van der Waals surface area contributed by atoms with E-state index in [0.717, 1.165) is 18.5 Å². The van der Waals surface area contributed by atoms with E-state index in [1.54, 1.807) is 0 Å². The van der Waals surface area contributed by atoms with E-state index in [1.165, 1.54) is 55.2 Å². The number of hydrogen-bond donors (Lipinski definition) is 1. The van der Waals surface area contributed by atoms with Gasteiger partial charge in [0, 0.05) is 29.6 Å². The molecule has 3 rings (SSSR count). The topological polar surface area (TPSA) is 15.3 Å². The lowest BCUT2D eigenvalue weighted by molar-refractivity contribution is 0.237. The fourth-order valence-electron chi connectivity index (χ4n) is 3.16. The van der Waals surface area contributed by atoms with Crippen molar-refractivity contribution in [3.05, 3.63) is 34.3 Å². The van der Waals surface area contributed by atoms with Crippen LogP contribution in [-0.4, -0.2) is 30.6 Å². The van der Waals surface area contributed by atoms with Gasteiger partial charge in [0.25, 0.3) is 0 Å². The van der Waals surface area contributed by atoms with E-state index in [0.29, 0.717) is 6.04 Å². The van der Waals surface area contributed by atoms with Crippen LogP contribution in [0.25, 0.3) is 0 Å². The maximum atomic E-state index is 3.71. The monoisotopic (exact) mass is 350 g/mol. The molecule has 116 valence electrons. The number of rotatable bonds is 9. The number of hydrogen-bond acceptors (Lipinski definition) is 2. The molecule has 0 amide bonds. The van der Waals surface area contributed by atoms with Gasteiger partial charge >= 0.3 is 0 Å². The van der Waals surface area contributed by atoms with Gasteiger partial charge in [0.15, 0.2) is 0 Å². The van der Waals surface area contributed by atoms with Gasteiger partial charge in [0.1, 0.15) is 0 Å². The van der Waals surface area contributed by atoms with Crippen molar-refractivity contribution in [2.45, 2.75) is 51.1 Å². The maximum Gasteiger partial charge on any atom is 0.0343 e. The summed E-state index contributed by atoms with van der Waals surface area (Å²) in [7, 11) is 0. The second-order valence-electron chi connectivity index (χ2n) is 6.59. The molecular weight excluding hydrogens is 324 g/mol. The number of nitrogens with one attached hydrogen (secondary N) is 1. The molecule has 1 N–H and O–H groups in total. The van der Waals surface area contributed by atoms with Crippen LogP contribution in [0.4, 0.5) is 0 Å². The number of halogens is 1. The molecule has 2 aliphatic carbocycles. The lowest BCUT2D eigenvalue weighted by atomic mass is 10.0. The summed E-state index contributed by atoms with van der Waals surface area (Å²) >= 11 is 3.71. The normalized spacial score (nSPS) is 20.0. The van der Waals surface area contributed by atoms with Crippen molar-refractivity contribution in [3.8, 4) is 0 Å². The van der Waals surface area contributed by atoms with Gasteiger partial charge in [-0.05, 0) is 56.2 Å². The minimum atomic E-state index is 0.464. The Hall–Kier alpha value is -0.380. The van der Waals surface area contributed by atoms with Crippen LogP contribution in [0.3, 0.4) is 0 Å². The van der Waals surface area contributed by atoms with E-state index < -0.39 is 0 Å². The Balaban J connectivity index is 1.60. The Morgan fingerprint density at radius 3 is 2.62 bits per heavy atom. The van der Waals surface area contributed by atoms with Crippen molar-refractivity contribution in [1.82, 2.24) is 10.2 Å². The average molecular weight is 351 g/mol. The van der Waals surface area contributed by atoms with Gasteiger partial charge in [-0.1, -0.05) is 41.1 Å². The van der Waals surface area contributed by atoms with Gasteiger partial charge in [-0.15, -0.1) is 0 Å². The molecule has 2 aliphatic rings. The summed E-state index contributed by atoms with van der Waals surface area (Å²) in [6, 6.07) is 10.0. The van der Waals surface area contributed by atoms with Gasteiger partial charge < -0.3 is 10.2 Å². The predicted molar refractivity (Wildman–Crippen MR) is 92.5 cm³/mol. The predicted octanol–water partition coefficient (Wildman–Crippen LogP) is 4.36. The zero-order chi connectivity index (χ0) is 14.7. The summed E-state index contributed by atoms with van der Waals surface area (Å²) < 4.78 is 1.23. The number of nitrogens with zero attached hydrogens (tertiary/aromatic N) is 1. The van der Waals surface area contributed by atoms with E-state index in [2.05, 4.69) is 57.3 Å². The van der Waals surface area contributed by atoms with Gasteiger partial charge in [0.05, 0.1) is 0 Å². The van der Waals surface area contributed by atoms with Crippen LogP contribution in [-0.2, 0) is 0 Å². The molecule has 0 heterocycles. The van der Waals surface area contributed by atoms with Crippen molar-refractivity contribution in [2.75, 3.05) is 19.6 Å². The molecule has 21 heavy (non-hydrogen) atoms. The standard InChI is InChI=1S/C18H27BrN2/c1-2-20-18(16-5-3-4-6-17(16)19)11-12-21(15-9-10-15)13-14-7-8-14/h3-6,14-15,18,20H,2,7-13H2,1H3. The Kier molecular flexibility index (Phi) is 5.36. The SMILES string of the molecule is CCNC(CCN(CC1CC1)C1CC1)c1ccccc1Br. The molecule has 0 bridgehead atoms. The lowest BCUT2D eigenvalue weighted by Crippen LogP contribution is -2.32. The molecule has 2 nitrogen and oxygen atoms in total. The summed E-state index contributed by atoms with van der Waals surface area (Å²) in [5.74, 6) is 1.01. The highest BCUT2D eigenvalue weighted by Crippen LogP contribution is 2.35. The summed E-state index contributed by atoms with van der Waals surface area (Å²) in [6.45, 7) is 5.81. The lowest BCUT2D eigenvalue weighted by Gasteiger charge is -2.26. The van der Waals surface area contributed by atoms with E-state index in [1.807, 2.05) is 0 Å². The second kappa shape index (κ2) is 7.26. The first-order valence-corrected chi connectivity index (χ1v) is 9.29. The highest BCUT2D eigenvalue weighted by atomic mass is 79.9. The molecule has 0 aromatic heterocycles. The van der Waals surface area contributed by atoms with E-state index in [-0.39, 0.29) is 0 Å². The number of benzene rings is 1. The van der Waals surface area contributed by atoms with Crippen molar-refractivity contribution >= 4 is 15.9 Å².